The van der Waals surface area contributed by atoms with Gasteiger partial charge in [-0.15, -0.1) is 0 Å². The Bertz CT molecular complexity index is 806. The largest absolute Gasteiger partial charge is 0.485 e. The van der Waals surface area contributed by atoms with Gasteiger partial charge in [0.25, 0.3) is 0 Å². The molecule has 142 valence electrons. The SMILES string of the molecule is Cc1cncc(NC(=O)N2CC[C@H](Oc3cccnc3N3CCCC3)C2)c1. The summed E-state index contributed by atoms with van der Waals surface area (Å²) in [5.41, 5.74) is 1.73. The Morgan fingerprint density at radius 3 is 2.93 bits per heavy atom. The molecule has 7 heteroatoms. The number of pyridine rings is 2. The van der Waals surface area contributed by atoms with Crippen LogP contribution >= 0.6 is 0 Å². The number of ether oxygens (including phenoxy) is 1. The average molecular weight is 367 g/mol. The second kappa shape index (κ2) is 7.82. The van der Waals surface area contributed by atoms with E-state index in [1.165, 1.54) is 12.8 Å². The molecule has 0 aliphatic carbocycles. The van der Waals surface area contributed by atoms with Crippen LogP contribution in [0.2, 0.25) is 0 Å². The fourth-order valence-corrected chi connectivity index (χ4v) is 3.65. The van der Waals surface area contributed by atoms with Gasteiger partial charge in [-0.3, -0.25) is 4.98 Å². The molecule has 4 heterocycles. The molecule has 0 spiro atoms. The van der Waals surface area contributed by atoms with Gasteiger partial charge in [-0.25, -0.2) is 9.78 Å². The second-order valence-corrected chi connectivity index (χ2v) is 7.17. The second-order valence-electron chi connectivity index (χ2n) is 7.17. The molecule has 0 bridgehead atoms. The number of aryl methyl sites for hydroxylation is 1. The van der Waals surface area contributed by atoms with Gasteiger partial charge in [-0.1, -0.05) is 0 Å². The van der Waals surface area contributed by atoms with Gasteiger partial charge in [0.15, 0.2) is 11.6 Å². The summed E-state index contributed by atoms with van der Waals surface area (Å²) in [7, 11) is 0. The van der Waals surface area contributed by atoms with Crippen LogP contribution in [-0.4, -0.2) is 53.2 Å². The van der Waals surface area contributed by atoms with Gasteiger partial charge in [-0.05, 0) is 43.5 Å². The van der Waals surface area contributed by atoms with E-state index in [4.69, 9.17) is 4.74 Å². The van der Waals surface area contributed by atoms with Gasteiger partial charge in [0.2, 0.25) is 0 Å². The normalized spacial score (nSPS) is 19.4. The number of aromatic nitrogens is 2. The van der Waals surface area contributed by atoms with Crippen molar-refractivity contribution in [1.82, 2.24) is 14.9 Å². The highest BCUT2D eigenvalue weighted by Crippen LogP contribution is 2.30. The topological polar surface area (TPSA) is 70.6 Å². The van der Waals surface area contributed by atoms with E-state index in [-0.39, 0.29) is 12.1 Å². The van der Waals surface area contributed by atoms with Crippen molar-refractivity contribution in [3.8, 4) is 5.75 Å². The zero-order valence-corrected chi connectivity index (χ0v) is 15.6. The van der Waals surface area contributed by atoms with Gasteiger partial charge in [0.1, 0.15) is 6.10 Å². The van der Waals surface area contributed by atoms with E-state index in [1.54, 1.807) is 17.3 Å². The predicted octanol–water partition coefficient (Wildman–Crippen LogP) is 3.07. The number of rotatable bonds is 4. The molecule has 0 radical (unpaired) electrons. The molecule has 0 saturated carbocycles. The van der Waals surface area contributed by atoms with Crippen LogP contribution in [-0.2, 0) is 0 Å². The van der Waals surface area contributed by atoms with Crippen LogP contribution in [0, 0.1) is 6.92 Å². The summed E-state index contributed by atoms with van der Waals surface area (Å²) in [5.74, 6) is 1.73. The maximum atomic E-state index is 12.5. The Morgan fingerprint density at radius 1 is 1.26 bits per heavy atom. The van der Waals surface area contributed by atoms with Crippen LogP contribution in [0.25, 0.3) is 0 Å². The van der Waals surface area contributed by atoms with Gasteiger partial charge >= 0.3 is 6.03 Å². The third-order valence-corrected chi connectivity index (χ3v) is 5.01. The minimum atomic E-state index is -0.112. The Labute approximate surface area is 159 Å². The van der Waals surface area contributed by atoms with Crippen molar-refractivity contribution in [2.24, 2.45) is 0 Å². The highest BCUT2D eigenvalue weighted by molar-refractivity contribution is 5.89. The Kier molecular flexibility index (Phi) is 5.09. The summed E-state index contributed by atoms with van der Waals surface area (Å²) < 4.78 is 6.23. The molecule has 2 aromatic rings. The lowest BCUT2D eigenvalue weighted by Crippen LogP contribution is -2.34. The van der Waals surface area contributed by atoms with E-state index in [1.807, 2.05) is 31.3 Å². The first-order valence-corrected chi connectivity index (χ1v) is 9.53. The third-order valence-electron chi connectivity index (χ3n) is 5.01. The molecule has 4 rings (SSSR count). The summed E-state index contributed by atoms with van der Waals surface area (Å²) in [5, 5.41) is 2.91. The zero-order valence-electron chi connectivity index (χ0n) is 15.6. The summed E-state index contributed by atoms with van der Waals surface area (Å²) in [6, 6.07) is 5.67. The molecule has 0 unspecified atom stereocenters. The Balaban J connectivity index is 1.37. The van der Waals surface area contributed by atoms with E-state index in [0.29, 0.717) is 18.8 Å². The van der Waals surface area contributed by atoms with Crippen molar-refractivity contribution in [3.05, 3.63) is 42.4 Å². The number of urea groups is 1. The monoisotopic (exact) mass is 367 g/mol. The van der Waals surface area contributed by atoms with Crippen molar-refractivity contribution in [1.29, 1.82) is 0 Å². The van der Waals surface area contributed by atoms with Crippen LogP contribution in [0.15, 0.2) is 36.8 Å². The van der Waals surface area contributed by atoms with E-state index in [0.717, 1.165) is 36.6 Å². The summed E-state index contributed by atoms with van der Waals surface area (Å²) in [6.45, 7) is 5.25. The highest BCUT2D eigenvalue weighted by atomic mass is 16.5. The van der Waals surface area contributed by atoms with Crippen molar-refractivity contribution >= 4 is 17.5 Å². The van der Waals surface area contributed by atoms with E-state index in [9.17, 15) is 4.79 Å². The van der Waals surface area contributed by atoms with E-state index in [2.05, 4.69) is 20.2 Å². The highest BCUT2D eigenvalue weighted by Gasteiger charge is 2.29. The number of likely N-dealkylation sites (tertiary alicyclic amines) is 1. The molecule has 2 aliphatic rings. The Morgan fingerprint density at radius 2 is 2.11 bits per heavy atom. The number of nitrogens with zero attached hydrogens (tertiary/aromatic N) is 4. The van der Waals surface area contributed by atoms with Crippen LogP contribution < -0.4 is 15.0 Å². The van der Waals surface area contributed by atoms with E-state index >= 15 is 0 Å². The minimum absolute atomic E-state index is 0.0167. The fourth-order valence-electron chi connectivity index (χ4n) is 3.65. The van der Waals surface area contributed by atoms with Gasteiger partial charge < -0.3 is 19.9 Å². The lowest BCUT2D eigenvalue weighted by Gasteiger charge is -2.22. The van der Waals surface area contributed by atoms with Gasteiger partial charge in [-0.2, -0.15) is 0 Å². The Hall–Kier alpha value is -2.83. The molecule has 7 nitrogen and oxygen atoms in total. The number of nitrogens with one attached hydrogen (secondary N) is 1. The number of anilines is 2. The molecular weight excluding hydrogens is 342 g/mol. The maximum Gasteiger partial charge on any atom is 0.322 e. The van der Waals surface area contributed by atoms with Crippen molar-refractivity contribution in [2.75, 3.05) is 36.4 Å². The summed E-state index contributed by atoms with van der Waals surface area (Å²) in [6.07, 6.45) is 8.42. The molecule has 1 atom stereocenters. The molecule has 2 aliphatic heterocycles. The lowest BCUT2D eigenvalue weighted by atomic mass is 10.3. The molecule has 2 amide bonds. The number of amides is 2. The van der Waals surface area contributed by atoms with Crippen LogP contribution in [0.4, 0.5) is 16.3 Å². The summed E-state index contributed by atoms with van der Waals surface area (Å²) in [4.78, 5) is 25.2. The molecule has 0 aromatic carbocycles. The quantitative estimate of drug-likeness (QED) is 0.899. The number of carbonyl (C=O) groups is 1. The first-order chi connectivity index (χ1) is 13.2. The first-order valence-electron chi connectivity index (χ1n) is 9.53. The van der Waals surface area contributed by atoms with Gasteiger partial charge in [0.05, 0.1) is 18.4 Å². The van der Waals surface area contributed by atoms with Crippen molar-refractivity contribution in [3.63, 3.8) is 0 Å². The van der Waals surface area contributed by atoms with E-state index < -0.39 is 0 Å². The van der Waals surface area contributed by atoms with Gasteiger partial charge in [0, 0.05) is 38.4 Å². The van der Waals surface area contributed by atoms with Crippen molar-refractivity contribution in [2.45, 2.75) is 32.3 Å². The average Bonchev–Trinajstić information content (AvgIpc) is 3.34. The van der Waals surface area contributed by atoms with Crippen LogP contribution in [0.5, 0.6) is 5.75 Å². The minimum Gasteiger partial charge on any atom is -0.485 e. The smallest absolute Gasteiger partial charge is 0.322 e. The zero-order chi connectivity index (χ0) is 18.6. The molecular formula is C20H25N5O2. The molecule has 1 N–H and O–H groups in total. The third kappa shape index (κ3) is 4.13. The lowest BCUT2D eigenvalue weighted by molar-refractivity contribution is 0.195. The molecule has 2 saturated heterocycles. The predicted molar refractivity (Wildman–Crippen MR) is 104 cm³/mol. The number of hydrogen-bond donors (Lipinski definition) is 1. The fraction of sp³-hybridized carbons (Fsp3) is 0.450. The molecule has 2 fully saturated rings. The molecule has 27 heavy (non-hydrogen) atoms. The standard InChI is InChI=1S/C20H25N5O2/c1-15-11-16(13-21-12-15)23-20(26)25-10-6-17(14-25)27-18-5-4-7-22-19(18)24-8-2-3-9-24/h4-5,7,11-13,17H,2-3,6,8-10,14H2,1H3,(H,23,26)/t17-/m0/s1. The summed E-state index contributed by atoms with van der Waals surface area (Å²) >= 11 is 0. The van der Waals surface area contributed by atoms with Crippen LogP contribution in [0.3, 0.4) is 0 Å². The first kappa shape index (κ1) is 17.6. The van der Waals surface area contributed by atoms with Crippen LogP contribution in [0.1, 0.15) is 24.8 Å². The maximum absolute atomic E-state index is 12.5. The number of carbonyl (C=O) groups excluding carboxylic acids is 1. The number of hydrogen-bond acceptors (Lipinski definition) is 5. The molecule has 2 aromatic heterocycles. The van der Waals surface area contributed by atoms with Crippen molar-refractivity contribution < 1.29 is 9.53 Å².